The van der Waals surface area contributed by atoms with E-state index in [-0.39, 0.29) is 41.6 Å². The maximum Gasteiger partial charge on any atom is 0.194 e. The van der Waals surface area contributed by atoms with Gasteiger partial charge in [0.1, 0.15) is 6.10 Å². The van der Waals surface area contributed by atoms with Crippen molar-refractivity contribution in [3.8, 4) is 0 Å². The van der Waals surface area contributed by atoms with Crippen molar-refractivity contribution in [3.63, 3.8) is 0 Å². The second-order valence-electron chi connectivity index (χ2n) is 7.54. The number of ether oxygens (including phenoxy) is 2. The molecule has 1 aliphatic heterocycles. The van der Waals surface area contributed by atoms with Gasteiger partial charge in [-0.05, 0) is 12.3 Å². The summed E-state index contributed by atoms with van der Waals surface area (Å²) in [4.78, 5) is 7.10. The molecule has 2 unspecified atom stereocenters. The molecule has 0 radical (unpaired) electrons. The van der Waals surface area contributed by atoms with Gasteiger partial charge in [-0.3, -0.25) is 9.67 Å². The number of guanidine groups is 1. The monoisotopic (exact) mass is 479 g/mol. The van der Waals surface area contributed by atoms with Gasteiger partial charge in [-0.15, -0.1) is 24.0 Å². The number of nitrogens with zero attached hydrogens (tertiary/aromatic N) is 4. The highest BCUT2D eigenvalue weighted by molar-refractivity contribution is 14.0. The summed E-state index contributed by atoms with van der Waals surface area (Å²) in [5, 5.41) is 7.66. The van der Waals surface area contributed by atoms with Crippen molar-refractivity contribution >= 4 is 29.9 Å². The van der Waals surface area contributed by atoms with E-state index in [4.69, 9.17) is 14.5 Å². The zero-order valence-corrected chi connectivity index (χ0v) is 19.2. The van der Waals surface area contributed by atoms with Crippen LogP contribution in [-0.2, 0) is 16.5 Å². The number of aryl methyl sites for hydroxylation is 1. The van der Waals surface area contributed by atoms with Gasteiger partial charge >= 0.3 is 0 Å². The first-order chi connectivity index (χ1) is 11.8. The van der Waals surface area contributed by atoms with E-state index in [0.29, 0.717) is 13.2 Å². The molecule has 0 saturated carbocycles. The van der Waals surface area contributed by atoms with E-state index < -0.39 is 0 Å². The zero-order chi connectivity index (χ0) is 18.4. The molecule has 2 rings (SSSR count). The molecule has 7 nitrogen and oxygen atoms in total. The van der Waals surface area contributed by atoms with Crippen molar-refractivity contribution in [1.29, 1.82) is 0 Å². The fourth-order valence-corrected chi connectivity index (χ4v) is 2.95. The van der Waals surface area contributed by atoms with Gasteiger partial charge in [-0.25, -0.2) is 0 Å². The molecule has 8 heteroatoms. The summed E-state index contributed by atoms with van der Waals surface area (Å²) in [6, 6.07) is 0. The smallest absolute Gasteiger partial charge is 0.194 e. The standard InChI is InChI=1S/C18H33N5O2.HI/c1-7-19-17(20-11-16(24-6)18(2,3)4)23-8-9-25-15(13-23)14-10-21-22(5)12-14;/h10,12,15-16H,7-9,11,13H2,1-6H3,(H,19,20);1H. The summed E-state index contributed by atoms with van der Waals surface area (Å²) >= 11 is 0. The number of rotatable bonds is 5. The molecule has 1 aliphatic rings. The fourth-order valence-electron chi connectivity index (χ4n) is 2.95. The van der Waals surface area contributed by atoms with Crippen molar-refractivity contribution in [2.75, 3.05) is 39.9 Å². The van der Waals surface area contributed by atoms with E-state index in [1.54, 1.807) is 7.11 Å². The van der Waals surface area contributed by atoms with Crippen LogP contribution >= 0.6 is 24.0 Å². The molecule has 1 aromatic heterocycles. The fraction of sp³-hybridized carbons (Fsp3) is 0.778. The number of morpholine rings is 1. The van der Waals surface area contributed by atoms with Crippen LogP contribution in [0.3, 0.4) is 0 Å². The maximum absolute atomic E-state index is 5.93. The first-order valence-electron chi connectivity index (χ1n) is 9.01. The Hall–Kier alpha value is -0.870. The summed E-state index contributed by atoms with van der Waals surface area (Å²) in [6.07, 6.45) is 3.99. The number of hydrogen-bond acceptors (Lipinski definition) is 4. The lowest BCUT2D eigenvalue weighted by Gasteiger charge is -2.35. The number of aliphatic imine (C=N–C) groups is 1. The number of nitrogens with one attached hydrogen (secondary N) is 1. The van der Waals surface area contributed by atoms with E-state index in [2.05, 4.69) is 43.0 Å². The van der Waals surface area contributed by atoms with Crippen LogP contribution in [0.15, 0.2) is 17.4 Å². The number of methoxy groups -OCH3 is 1. The van der Waals surface area contributed by atoms with Crippen molar-refractivity contribution in [1.82, 2.24) is 20.0 Å². The Morgan fingerprint density at radius 2 is 2.23 bits per heavy atom. The molecule has 0 amide bonds. The van der Waals surface area contributed by atoms with Gasteiger partial charge in [-0.2, -0.15) is 5.10 Å². The lowest BCUT2D eigenvalue weighted by molar-refractivity contribution is -0.00854. The first-order valence-corrected chi connectivity index (χ1v) is 9.01. The molecule has 2 atom stereocenters. The van der Waals surface area contributed by atoms with E-state index in [1.165, 1.54) is 0 Å². The van der Waals surface area contributed by atoms with E-state index >= 15 is 0 Å². The molecule has 2 heterocycles. The highest BCUT2D eigenvalue weighted by atomic mass is 127. The predicted molar refractivity (Wildman–Crippen MR) is 115 cm³/mol. The van der Waals surface area contributed by atoms with Crippen LogP contribution in [-0.4, -0.2) is 66.6 Å². The SMILES string of the molecule is CCNC(=NCC(OC)C(C)(C)C)N1CCOC(c2cnn(C)c2)C1.I. The van der Waals surface area contributed by atoms with Gasteiger partial charge in [0.2, 0.25) is 0 Å². The second-order valence-corrected chi connectivity index (χ2v) is 7.54. The lowest BCUT2D eigenvalue weighted by Crippen LogP contribution is -2.48. The van der Waals surface area contributed by atoms with Crippen LogP contribution in [0.2, 0.25) is 0 Å². The average molecular weight is 479 g/mol. The van der Waals surface area contributed by atoms with E-state index in [1.807, 2.05) is 24.1 Å². The average Bonchev–Trinajstić information content (AvgIpc) is 3.00. The third-order valence-electron chi connectivity index (χ3n) is 4.45. The Kier molecular flexibility index (Phi) is 9.32. The molecule has 0 bridgehead atoms. The third-order valence-corrected chi connectivity index (χ3v) is 4.45. The van der Waals surface area contributed by atoms with Gasteiger partial charge in [0.15, 0.2) is 5.96 Å². The van der Waals surface area contributed by atoms with Gasteiger partial charge in [0.25, 0.3) is 0 Å². The second kappa shape index (κ2) is 10.5. The number of hydrogen-bond donors (Lipinski definition) is 1. The Labute approximate surface area is 174 Å². The summed E-state index contributed by atoms with van der Waals surface area (Å²) in [7, 11) is 3.68. The largest absolute Gasteiger partial charge is 0.379 e. The summed E-state index contributed by atoms with van der Waals surface area (Å²) in [5.74, 6) is 0.922. The van der Waals surface area contributed by atoms with Crippen LogP contribution in [0, 0.1) is 5.41 Å². The molecule has 26 heavy (non-hydrogen) atoms. The molecule has 1 aromatic rings. The molecule has 1 fully saturated rings. The molecule has 150 valence electrons. The Bertz CT molecular complexity index is 570. The number of halogens is 1. The molecular formula is C18H34IN5O2. The highest BCUT2D eigenvalue weighted by Gasteiger charge is 2.27. The topological polar surface area (TPSA) is 63.9 Å². The third kappa shape index (κ3) is 6.38. The van der Waals surface area contributed by atoms with Crippen LogP contribution < -0.4 is 5.32 Å². The normalized spacial score (nSPS) is 19.8. The van der Waals surface area contributed by atoms with Gasteiger partial charge in [-0.1, -0.05) is 20.8 Å². The van der Waals surface area contributed by atoms with Gasteiger partial charge in [0, 0.05) is 39.0 Å². The summed E-state index contributed by atoms with van der Waals surface area (Å²) in [5.41, 5.74) is 1.16. The molecule has 0 spiro atoms. The van der Waals surface area contributed by atoms with Crippen LogP contribution in [0.25, 0.3) is 0 Å². The summed E-state index contributed by atoms with van der Waals surface area (Å²) < 4.78 is 13.4. The minimum Gasteiger partial charge on any atom is -0.379 e. The summed E-state index contributed by atoms with van der Waals surface area (Å²) in [6.45, 7) is 12.4. The predicted octanol–water partition coefficient (Wildman–Crippen LogP) is 2.44. The Morgan fingerprint density at radius 1 is 1.50 bits per heavy atom. The van der Waals surface area contributed by atoms with Crippen molar-refractivity contribution in [3.05, 3.63) is 18.0 Å². The van der Waals surface area contributed by atoms with Crippen molar-refractivity contribution in [2.24, 2.45) is 17.5 Å². The minimum atomic E-state index is 0. The first kappa shape index (κ1) is 23.2. The van der Waals surface area contributed by atoms with Crippen molar-refractivity contribution < 1.29 is 9.47 Å². The molecule has 1 N–H and O–H groups in total. The van der Waals surface area contributed by atoms with Crippen LogP contribution in [0.1, 0.15) is 39.4 Å². The van der Waals surface area contributed by atoms with Gasteiger partial charge in [0.05, 0.1) is 32.0 Å². The Morgan fingerprint density at radius 3 is 2.77 bits per heavy atom. The van der Waals surface area contributed by atoms with E-state index in [0.717, 1.165) is 31.2 Å². The molecule has 1 saturated heterocycles. The van der Waals surface area contributed by atoms with Crippen molar-refractivity contribution in [2.45, 2.75) is 39.9 Å². The quantitative estimate of drug-likeness (QED) is 0.400. The number of aromatic nitrogens is 2. The Balaban J connectivity index is 0.00000338. The minimum absolute atomic E-state index is 0. The van der Waals surface area contributed by atoms with Gasteiger partial charge < -0.3 is 19.7 Å². The highest BCUT2D eigenvalue weighted by Crippen LogP contribution is 2.23. The zero-order valence-electron chi connectivity index (χ0n) is 16.9. The van der Waals surface area contributed by atoms with Crippen LogP contribution in [0.5, 0.6) is 0 Å². The van der Waals surface area contributed by atoms with Crippen LogP contribution in [0.4, 0.5) is 0 Å². The molecule has 0 aliphatic carbocycles. The van der Waals surface area contributed by atoms with E-state index in [9.17, 15) is 0 Å². The molecule has 0 aromatic carbocycles. The molecular weight excluding hydrogens is 445 g/mol. The maximum atomic E-state index is 5.93. The lowest BCUT2D eigenvalue weighted by atomic mass is 9.89.